The lowest BCUT2D eigenvalue weighted by molar-refractivity contribution is 0.0287. The monoisotopic (exact) mass is 552 g/mol. The standard InChI is InChI=1S/C26H35ClF2N6O3/c1-15-11-34(24(36)38-25(2,3)4)13-18(15)33(5)22-17-10-30-21(27)19(29)20(17)31-23(32-22)37-14-26-7-6-8-35(26)12-16(28)9-26/h10,15-16,18H,6-9,11-14H2,1-5H3/t15-,16+,18-,26-/m0/s1. The van der Waals surface area contributed by atoms with Gasteiger partial charge in [0.25, 0.3) is 0 Å². The van der Waals surface area contributed by atoms with Gasteiger partial charge in [-0.1, -0.05) is 18.5 Å². The number of likely N-dealkylation sites (tertiary alicyclic amines) is 1. The van der Waals surface area contributed by atoms with Crippen molar-refractivity contribution in [3.8, 4) is 6.01 Å². The summed E-state index contributed by atoms with van der Waals surface area (Å²) in [5.41, 5.74) is -0.994. The number of ether oxygens (including phenoxy) is 2. The fraction of sp³-hybridized carbons (Fsp3) is 0.692. The second kappa shape index (κ2) is 9.89. The lowest BCUT2D eigenvalue weighted by atomic mass is 9.95. The summed E-state index contributed by atoms with van der Waals surface area (Å²) in [6, 6.07) is -0.128. The maximum Gasteiger partial charge on any atom is 0.410 e. The molecule has 9 nitrogen and oxygen atoms in total. The first-order valence-corrected chi connectivity index (χ1v) is 13.5. The Kier molecular flexibility index (Phi) is 7.04. The van der Waals surface area contributed by atoms with Crippen molar-refractivity contribution in [1.29, 1.82) is 0 Å². The normalized spacial score (nSPS) is 27.7. The molecule has 0 unspecified atom stereocenters. The fourth-order valence-electron chi connectivity index (χ4n) is 6.07. The van der Waals surface area contributed by atoms with Crippen LogP contribution in [0, 0.1) is 11.7 Å². The Bertz CT molecular complexity index is 1230. The Morgan fingerprint density at radius 2 is 2.05 bits per heavy atom. The number of carbonyl (C=O) groups excluding carboxylic acids is 1. The molecule has 0 bridgehead atoms. The van der Waals surface area contributed by atoms with Gasteiger partial charge < -0.3 is 19.3 Å². The van der Waals surface area contributed by atoms with Crippen LogP contribution in [0.25, 0.3) is 10.9 Å². The maximum absolute atomic E-state index is 15.1. The van der Waals surface area contributed by atoms with Crippen LogP contribution in [-0.2, 0) is 4.74 Å². The molecule has 0 radical (unpaired) electrons. The molecule has 5 rings (SSSR count). The van der Waals surface area contributed by atoms with Crippen molar-refractivity contribution in [2.75, 3.05) is 44.7 Å². The number of amides is 1. The first-order valence-electron chi connectivity index (χ1n) is 13.1. The molecule has 0 spiro atoms. The zero-order valence-corrected chi connectivity index (χ0v) is 23.3. The highest BCUT2D eigenvalue weighted by Crippen LogP contribution is 2.41. The number of anilines is 1. The number of alkyl halides is 1. The summed E-state index contributed by atoms with van der Waals surface area (Å²) in [5.74, 6) is -0.254. The third-order valence-corrected chi connectivity index (χ3v) is 8.15. The molecule has 3 fully saturated rings. The topological polar surface area (TPSA) is 83.9 Å². The second-order valence-electron chi connectivity index (χ2n) is 11.9. The minimum atomic E-state index is -0.891. The molecule has 38 heavy (non-hydrogen) atoms. The predicted molar refractivity (Wildman–Crippen MR) is 140 cm³/mol. The molecule has 0 aliphatic carbocycles. The molecule has 4 atom stereocenters. The van der Waals surface area contributed by atoms with E-state index in [4.69, 9.17) is 21.1 Å². The van der Waals surface area contributed by atoms with Crippen molar-refractivity contribution < 1.29 is 23.0 Å². The smallest absolute Gasteiger partial charge is 0.410 e. The highest BCUT2D eigenvalue weighted by Gasteiger charge is 2.49. The van der Waals surface area contributed by atoms with Gasteiger partial charge in [0.2, 0.25) is 0 Å². The molecule has 5 heterocycles. The summed E-state index contributed by atoms with van der Waals surface area (Å²) >= 11 is 5.99. The van der Waals surface area contributed by atoms with Gasteiger partial charge >= 0.3 is 12.1 Å². The summed E-state index contributed by atoms with van der Waals surface area (Å²) in [5, 5.41) is 0.0905. The Morgan fingerprint density at radius 3 is 2.79 bits per heavy atom. The van der Waals surface area contributed by atoms with Gasteiger partial charge in [0.05, 0.1) is 17.0 Å². The Hall–Kier alpha value is -2.53. The van der Waals surface area contributed by atoms with E-state index in [1.165, 1.54) is 6.20 Å². The lowest BCUT2D eigenvalue weighted by Gasteiger charge is -2.31. The summed E-state index contributed by atoms with van der Waals surface area (Å²) in [7, 11) is 1.85. The van der Waals surface area contributed by atoms with Crippen molar-refractivity contribution in [2.45, 2.75) is 70.3 Å². The van der Waals surface area contributed by atoms with Crippen LogP contribution in [0.15, 0.2) is 6.20 Å². The lowest BCUT2D eigenvalue weighted by Crippen LogP contribution is -2.43. The molecule has 0 N–H and O–H groups in total. The number of carbonyl (C=O) groups is 1. The maximum atomic E-state index is 15.1. The summed E-state index contributed by atoms with van der Waals surface area (Å²) in [4.78, 5) is 31.4. The zero-order valence-electron chi connectivity index (χ0n) is 22.5. The third-order valence-electron chi connectivity index (χ3n) is 7.89. The largest absolute Gasteiger partial charge is 0.461 e. The molecule has 0 saturated carbocycles. The van der Waals surface area contributed by atoms with Crippen LogP contribution in [0.3, 0.4) is 0 Å². The summed E-state index contributed by atoms with van der Waals surface area (Å²) < 4.78 is 41.0. The van der Waals surface area contributed by atoms with Crippen molar-refractivity contribution in [3.63, 3.8) is 0 Å². The van der Waals surface area contributed by atoms with Gasteiger partial charge in [-0.3, -0.25) is 4.90 Å². The molecule has 0 aromatic carbocycles. The van der Waals surface area contributed by atoms with E-state index in [-0.39, 0.29) is 41.3 Å². The predicted octanol–water partition coefficient (Wildman–Crippen LogP) is 4.46. The number of nitrogens with zero attached hydrogens (tertiary/aromatic N) is 6. The number of likely N-dealkylation sites (N-methyl/N-ethyl adjacent to an activating group) is 1. The molecular weight excluding hydrogens is 518 g/mol. The zero-order chi connectivity index (χ0) is 27.4. The third kappa shape index (κ3) is 5.06. The highest BCUT2D eigenvalue weighted by atomic mass is 35.5. The number of hydrogen-bond acceptors (Lipinski definition) is 8. The van der Waals surface area contributed by atoms with Crippen molar-refractivity contribution in [3.05, 3.63) is 17.2 Å². The quantitative estimate of drug-likeness (QED) is 0.503. The van der Waals surface area contributed by atoms with E-state index in [9.17, 15) is 9.18 Å². The van der Waals surface area contributed by atoms with Crippen LogP contribution in [0.2, 0.25) is 5.15 Å². The van der Waals surface area contributed by atoms with Crippen LogP contribution in [0.4, 0.5) is 19.4 Å². The highest BCUT2D eigenvalue weighted by molar-refractivity contribution is 6.30. The van der Waals surface area contributed by atoms with Crippen LogP contribution in [0.1, 0.15) is 47.0 Å². The van der Waals surface area contributed by atoms with Gasteiger partial charge in [-0.25, -0.2) is 18.6 Å². The van der Waals surface area contributed by atoms with Gasteiger partial charge in [-0.05, 0) is 46.1 Å². The van der Waals surface area contributed by atoms with E-state index >= 15 is 4.39 Å². The number of rotatable bonds is 5. The number of aromatic nitrogens is 3. The van der Waals surface area contributed by atoms with E-state index in [1.807, 2.05) is 39.6 Å². The van der Waals surface area contributed by atoms with Gasteiger partial charge in [0, 0.05) is 39.3 Å². The van der Waals surface area contributed by atoms with E-state index in [1.54, 1.807) is 4.90 Å². The number of halogens is 3. The van der Waals surface area contributed by atoms with Crippen molar-refractivity contribution >= 4 is 34.4 Å². The summed E-state index contributed by atoms with van der Waals surface area (Å²) in [6.45, 7) is 9.92. The van der Waals surface area contributed by atoms with E-state index in [0.29, 0.717) is 37.3 Å². The number of pyridine rings is 1. The molecular formula is C26H35ClF2N6O3. The molecule has 12 heteroatoms. The van der Waals surface area contributed by atoms with Gasteiger partial charge in [0.1, 0.15) is 29.7 Å². The molecule has 1 amide bonds. The van der Waals surface area contributed by atoms with E-state index in [0.717, 1.165) is 19.4 Å². The SMILES string of the molecule is C[C@H]1CN(C(=O)OC(C)(C)C)C[C@@H]1N(C)c1nc(OC[C@@]23CCCN2C[C@H](F)C3)nc2c(F)c(Cl)ncc12. The van der Waals surface area contributed by atoms with Gasteiger partial charge in [-0.2, -0.15) is 9.97 Å². The fourth-order valence-corrected chi connectivity index (χ4v) is 6.21. The Labute approximate surface area is 226 Å². The molecule has 3 saturated heterocycles. The molecule has 208 valence electrons. The van der Waals surface area contributed by atoms with Crippen molar-refractivity contribution in [2.24, 2.45) is 5.92 Å². The van der Waals surface area contributed by atoms with Crippen LogP contribution < -0.4 is 9.64 Å². The number of fused-ring (bicyclic) bond motifs is 2. The van der Waals surface area contributed by atoms with Gasteiger partial charge in [-0.15, -0.1) is 0 Å². The second-order valence-corrected chi connectivity index (χ2v) is 12.2. The Morgan fingerprint density at radius 1 is 1.29 bits per heavy atom. The first kappa shape index (κ1) is 27.1. The molecule has 2 aromatic heterocycles. The van der Waals surface area contributed by atoms with Crippen LogP contribution >= 0.6 is 11.6 Å². The molecule has 3 aliphatic rings. The Balaban J connectivity index is 1.44. The van der Waals surface area contributed by atoms with E-state index < -0.39 is 23.1 Å². The van der Waals surface area contributed by atoms with Crippen LogP contribution in [0.5, 0.6) is 6.01 Å². The van der Waals surface area contributed by atoms with Gasteiger partial charge in [0.15, 0.2) is 11.0 Å². The van der Waals surface area contributed by atoms with Crippen LogP contribution in [-0.4, -0.2) is 94.0 Å². The number of hydrogen-bond donors (Lipinski definition) is 0. The minimum absolute atomic E-state index is 0.00121. The summed E-state index contributed by atoms with van der Waals surface area (Å²) in [6.07, 6.45) is 2.39. The van der Waals surface area contributed by atoms with E-state index in [2.05, 4.69) is 19.9 Å². The molecule has 3 aliphatic heterocycles. The minimum Gasteiger partial charge on any atom is -0.461 e. The van der Waals surface area contributed by atoms with Crippen molar-refractivity contribution in [1.82, 2.24) is 24.8 Å². The average Bonchev–Trinajstić information content (AvgIpc) is 3.50. The first-order chi connectivity index (χ1) is 17.9. The molecule has 2 aromatic rings. The average molecular weight is 553 g/mol.